The topological polar surface area (TPSA) is 69.4 Å². The Hall–Kier alpha value is -4.29. The number of nitrogens with zero attached hydrogens (tertiary/aromatic N) is 2. The molecule has 6 rings (SSSR count). The van der Waals surface area contributed by atoms with Crippen molar-refractivity contribution in [2.24, 2.45) is 5.92 Å². The van der Waals surface area contributed by atoms with Gasteiger partial charge in [-0.25, -0.2) is 4.39 Å². The van der Waals surface area contributed by atoms with Gasteiger partial charge in [-0.15, -0.1) is 0 Å². The zero-order valence-corrected chi connectivity index (χ0v) is 22.8. The third-order valence-electron chi connectivity index (χ3n) is 7.94. The van der Waals surface area contributed by atoms with Crippen molar-refractivity contribution >= 4 is 16.5 Å². The van der Waals surface area contributed by atoms with Crippen molar-refractivity contribution in [2.75, 3.05) is 6.54 Å². The van der Waals surface area contributed by atoms with Gasteiger partial charge in [-0.1, -0.05) is 55.8 Å². The predicted molar refractivity (Wildman–Crippen MR) is 161 cm³/mol. The molecule has 0 amide bonds. The van der Waals surface area contributed by atoms with Crippen LogP contribution in [-0.2, 0) is 6.54 Å². The summed E-state index contributed by atoms with van der Waals surface area (Å²) in [5.74, 6) is 0.544. The molecular formula is C34H34FN5. The first-order chi connectivity index (χ1) is 19.6. The maximum atomic E-state index is 14.7. The average molecular weight is 532 g/mol. The van der Waals surface area contributed by atoms with Crippen molar-refractivity contribution in [3.05, 3.63) is 114 Å². The Kier molecular flexibility index (Phi) is 7.43. The van der Waals surface area contributed by atoms with Gasteiger partial charge >= 0.3 is 0 Å². The number of nitrogens with one attached hydrogen (secondary N) is 3. The standard InChI is InChI=1S/C34H34FN5/c1-3-8-27(28-11-6-7-12-31(28)35)29-17-33(38-22(29)2)34-30-16-25(13-14-32(30)39-40-34)26-15-24(20-37-21-26)19-36-18-23-9-4-5-10-23/h3,6-8,11-17,20-21,23,36,38H,1,4-5,9-10,18-19H2,2H3,(H,39,40)/b27-8-. The van der Waals surface area contributed by atoms with Crippen LogP contribution in [0.2, 0.25) is 0 Å². The number of aromatic amines is 2. The fourth-order valence-electron chi connectivity index (χ4n) is 5.86. The van der Waals surface area contributed by atoms with Gasteiger partial charge < -0.3 is 10.3 Å². The summed E-state index contributed by atoms with van der Waals surface area (Å²) in [5, 5.41) is 12.5. The highest BCUT2D eigenvalue weighted by atomic mass is 19.1. The zero-order valence-electron chi connectivity index (χ0n) is 22.8. The Labute approximate surface area is 234 Å². The molecule has 3 heterocycles. The number of benzene rings is 2. The molecule has 3 N–H and O–H groups in total. The van der Waals surface area contributed by atoms with Gasteiger partial charge in [0.25, 0.3) is 0 Å². The monoisotopic (exact) mass is 531 g/mol. The van der Waals surface area contributed by atoms with Crippen LogP contribution >= 0.6 is 0 Å². The molecule has 0 saturated heterocycles. The van der Waals surface area contributed by atoms with E-state index in [1.807, 2.05) is 37.5 Å². The third kappa shape index (κ3) is 5.27. The summed E-state index contributed by atoms with van der Waals surface area (Å²) in [4.78, 5) is 8.01. The molecule has 1 aliphatic carbocycles. The maximum absolute atomic E-state index is 14.7. The van der Waals surface area contributed by atoms with Crippen LogP contribution in [0.25, 0.3) is 39.0 Å². The second-order valence-corrected chi connectivity index (χ2v) is 10.7. The van der Waals surface area contributed by atoms with Gasteiger partial charge in [-0.3, -0.25) is 10.1 Å². The number of rotatable bonds is 9. The molecule has 0 aliphatic heterocycles. The number of pyridine rings is 1. The number of allylic oxidation sites excluding steroid dienone is 2. The van der Waals surface area contributed by atoms with E-state index in [0.29, 0.717) is 5.56 Å². The molecule has 40 heavy (non-hydrogen) atoms. The lowest BCUT2D eigenvalue weighted by Gasteiger charge is -2.11. The number of fused-ring (bicyclic) bond motifs is 1. The van der Waals surface area contributed by atoms with E-state index in [9.17, 15) is 4.39 Å². The van der Waals surface area contributed by atoms with Crippen molar-refractivity contribution < 1.29 is 4.39 Å². The molecule has 5 aromatic rings. The molecule has 0 radical (unpaired) electrons. The lowest BCUT2D eigenvalue weighted by atomic mass is 9.96. The van der Waals surface area contributed by atoms with Crippen molar-refractivity contribution in [1.82, 2.24) is 25.5 Å². The molecule has 2 aromatic carbocycles. The van der Waals surface area contributed by atoms with Gasteiger partial charge in [0.05, 0.1) is 11.2 Å². The number of aryl methyl sites for hydroxylation is 1. The fraction of sp³-hybridized carbons (Fsp3) is 0.235. The summed E-state index contributed by atoms with van der Waals surface area (Å²) in [6, 6.07) is 17.4. The molecular weight excluding hydrogens is 497 g/mol. The molecule has 0 atom stereocenters. The van der Waals surface area contributed by atoms with E-state index in [0.717, 1.165) is 69.3 Å². The molecule has 5 nitrogen and oxygen atoms in total. The second kappa shape index (κ2) is 11.4. The first-order valence-electron chi connectivity index (χ1n) is 14.0. The lowest BCUT2D eigenvalue weighted by molar-refractivity contribution is 0.489. The minimum Gasteiger partial charge on any atom is -0.357 e. The number of H-pyrrole nitrogens is 2. The average Bonchev–Trinajstić information content (AvgIpc) is 3.72. The number of halogens is 1. The van der Waals surface area contributed by atoms with Crippen LogP contribution in [-0.4, -0.2) is 26.7 Å². The Balaban J connectivity index is 1.30. The van der Waals surface area contributed by atoms with E-state index in [1.54, 1.807) is 18.2 Å². The number of hydrogen-bond donors (Lipinski definition) is 3. The van der Waals surface area contributed by atoms with Gasteiger partial charge in [0, 0.05) is 46.7 Å². The third-order valence-corrected chi connectivity index (χ3v) is 7.94. The molecule has 1 aliphatic rings. The normalized spacial score (nSPS) is 14.3. The van der Waals surface area contributed by atoms with Gasteiger partial charge in [0.1, 0.15) is 11.5 Å². The highest BCUT2D eigenvalue weighted by Crippen LogP contribution is 2.35. The largest absolute Gasteiger partial charge is 0.357 e. The quantitative estimate of drug-likeness (QED) is 0.169. The van der Waals surface area contributed by atoms with E-state index in [4.69, 9.17) is 0 Å². The molecule has 1 fully saturated rings. The smallest absolute Gasteiger partial charge is 0.131 e. The van der Waals surface area contributed by atoms with Crippen LogP contribution in [0.4, 0.5) is 4.39 Å². The fourth-order valence-corrected chi connectivity index (χ4v) is 5.86. The lowest BCUT2D eigenvalue weighted by Crippen LogP contribution is -2.20. The Morgan fingerprint density at radius 3 is 2.73 bits per heavy atom. The molecule has 6 heteroatoms. The van der Waals surface area contributed by atoms with Crippen LogP contribution in [0, 0.1) is 18.7 Å². The van der Waals surface area contributed by atoms with Crippen LogP contribution in [0.15, 0.2) is 85.7 Å². The van der Waals surface area contributed by atoms with Crippen LogP contribution in [0.1, 0.15) is 48.1 Å². The van der Waals surface area contributed by atoms with E-state index >= 15 is 0 Å². The van der Waals surface area contributed by atoms with Gasteiger partial charge in [0.15, 0.2) is 0 Å². The van der Waals surface area contributed by atoms with Gasteiger partial charge in [0.2, 0.25) is 0 Å². The Morgan fingerprint density at radius 1 is 1.05 bits per heavy atom. The van der Waals surface area contributed by atoms with Crippen molar-refractivity contribution in [3.8, 4) is 22.5 Å². The minimum absolute atomic E-state index is 0.266. The molecule has 0 spiro atoms. The summed E-state index contributed by atoms with van der Waals surface area (Å²) in [6.45, 7) is 7.75. The Bertz CT molecular complexity index is 1690. The molecule has 0 bridgehead atoms. The van der Waals surface area contributed by atoms with Crippen LogP contribution < -0.4 is 5.32 Å². The van der Waals surface area contributed by atoms with E-state index in [-0.39, 0.29) is 5.82 Å². The summed E-state index contributed by atoms with van der Waals surface area (Å²) < 4.78 is 14.7. The van der Waals surface area contributed by atoms with E-state index < -0.39 is 0 Å². The Morgan fingerprint density at radius 2 is 1.90 bits per heavy atom. The zero-order chi connectivity index (χ0) is 27.5. The van der Waals surface area contributed by atoms with Crippen molar-refractivity contribution in [1.29, 1.82) is 0 Å². The second-order valence-electron chi connectivity index (χ2n) is 10.7. The maximum Gasteiger partial charge on any atom is 0.131 e. The number of aromatic nitrogens is 4. The van der Waals surface area contributed by atoms with Crippen LogP contribution in [0.3, 0.4) is 0 Å². The molecule has 0 unspecified atom stereocenters. The SMILES string of the molecule is C=C/C=C(/c1ccccc1F)c1cc(-c2n[nH]c3ccc(-c4cncc(CNCC5CCCC5)c4)cc23)[nH]c1C. The van der Waals surface area contributed by atoms with Crippen molar-refractivity contribution in [3.63, 3.8) is 0 Å². The van der Waals surface area contributed by atoms with Gasteiger partial charge in [-0.05, 0) is 79.3 Å². The molecule has 202 valence electrons. The first-order valence-corrected chi connectivity index (χ1v) is 14.0. The molecule has 3 aromatic heterocycles. The predicted octanol–water partition coefficient (Wildman–Crippen LogP) is 7.97. The summed E-state index contributed by atoms with van der Waals surface area (Å²) >= 11 is 0. The first kappa shape index (κ1) is 26.0. The van der Waals surface area contributed by atoms with Crippen LogP contribution in [0.5, 0.6) is 0 Å². The van der Waals surface area contributed by atoms with E-state index in [2.05, 4.69) is 56.3 Å². The summed E-state index contributed by atoms with van der Waals surface area (Å²) in [6.07, 6.45) is 12.8. The van der Waals surface area contributed by atoms with E-state index in [1.165, 1.54) is 37.3 Å². The summed E-state index contributed by atoms with van der Waals surface area (Å²) in [7, 11) is 0. The van der Waals surface area contributed by atoms with Crippen molar-refractivity contribution in [2.45, 2.75) is 39.2 Å². The highest BCUT2D eigenvalue weighted by Gasteiger charge is 2.18. The summed E-state index contributed by atoms with van der Waals surface area (Å²) in [5.41, 5.74) is 9.14. The minimum atomic E-state index is -0.266. The highest BCUT2D eigenvalue weighted by molar-refractivity contribution is 5.96. The number of hydrogen-bond acceptors (Lipinski definition) is 3. The van der Waals surface area contributed by atoms with Gasteiger partial charge in [-0.2, -0.15) is 5.10 Å². The molecule has 1 saturated carbocycles.